The number of nitrogens with zero attached hydrogens (tertiary/aromatic N) is 1. The standard InChI is InChI=1S/C36H23NO2/c38-36-30-13-7-8-14-34(30)39-35-20-19-28(21-31(35)36)24-15-17-25(18-16-24)29-22-32(26-9-3-1-4-10-26)37-33(23-29)27-11-5-2-6-12-27/h1-23H. The third kappa shape index (κ3) is 4.30. The van der Waals surface area contributed by atoms with Crippen molar-refractivity contribution in [3.8, 4) is 44.8 Å². The van der Waals surface area contributed by atoms with Gasteiger partial charge in [-0.3, -0.25) is 4.79 Å². The van der Waals surface area contributed by atoms with E-state index in [4.69, 9.17) is 9.40 Å². The highest BCUT2D eigenvalue weighted by molar-refractivity contribution is 5.92. The Morgan fingerprint density at radius 1 is 0.410 bits per heavy atom. The molecular formula is C36H23NO2. The van der Waals surface area contributed by atoms with Crippen LogP contribution in [0.4, 0.5) is 0 Å². The first-order valence-electron chi connectivity index (χ1n) is 12.9. The summed E-state index contributed by atoms with van der Waals surface area (Å²) in [6.45, 7) is 0. The van der Waals surface area contributed by atoms with E-state index in [1.54, 1.807) is 0 Å². The molecule has 0 radical (unpaired) electrons. The molecule has 2 heterocycles. The lowest BCUT2D eigenvalue weighted by molar-refractivity contribution is 0.660. The van der Waals surface area contributed by atoms with E-state index in [1.165, 1.54) is 0 Å². The molecule has 3 heteroatoms. The summed E-state index contributed by atoms with van der Waals surface area (Å²) in [5, 5.41) is 1.18. The second kappa shape index (κ2) is 9.55. The van der Waals surface area contributed by atoms with Crippen LogP contribution in [0.15, 0.2) is 149 Å². The van der Waals surface area contributed by atoms with Crippen LogP contribution in [0, 0.1) is 0 Å². The van der Waals surface area contributed by atoms with Crippen LogP contribution in [0.3, 0.4) is 0 Å². The summed E-state index contributed by atoms with van der Waals surface area (Å²) in [5.74, 6) is 0. The molecule has 0 saturated heterocycles. The van der Waals surface area contributed by atoms with E-state index in [2.05, 4.69) is 60.7 Å². The Kier molecular flexibility index (Phi) is 5.60. The highest BCUT2D eigenvalue weighted by atomic mass is 16.3. The van der Waals surface area contributed by atoms with E-state index in [0.29, 0.717) is 21.9 Å². The molecule has 0 bridgehead atoms. The Balaban J connectivity index is 1.30. The molecule has 0 N–H and O–H groups in total. The lowest BCUT2D eigenvalue weighted by atomic mass is 9.97. The molecule has 0 aliphatic heterocycles. The number of hydrogen-bond acceptors (Lipinski definition) is 3. The zero-order chi connectivity index (χ0) is 26.2. The van der Waals surface area contributed by atoms with Crippen molar-refractivity contribution in [3.05, 3.63) is 150 Å². The molecule has 0 saturated carbocycles. The van der Waals surface area contributed by atoms with Gasteiger partial charge in [0.25, 0.3) is 0 Å². The molecule has 0 amide bonds. The second-order valence-corrected chi connectivity index (χ2v) is 9.57. The first kappa shape index (κ1) is 22.9. The summed E-state index contributed by atoms with van der Waals surface area (Å²) < 4.78 is 5.98. The van der Waals surface area contributed by atoms with Crippen LogP contribution >= 0.6 is 0 Å². The summed E-state index contributed by atoms with van der Waals surface area (Å²) in [5.41, 5.74) is 9.42. The molecule has 2 aromatic heterocycles. The van der Waals surface area contributed by atoms with E-state index in [-0.39, 0.29) is 5.43 Å². The normalized spacial score (nSPS) is 11.2. The maximum atomic E-state index is 13.1. The summed E-state index contributed by atoms with van der Waals surface area (Å²) in [7, 11) is 0. The molecule has 0 unspecified atom stereocenters. The quantitative estimate of drug-likeness (QED) is 0.226. The number of rotatable bonds is 4. The van der Waals surface area contributed by atoms with Crippen molar-refractivity contribution < 1.29 is 4.42 Å². The Labute approximate surface area is 225 Å². The van der Waals surface area contributed by atoms with Crippen LogP contribution in [0.5, 0.6) is 0 Å². The average molecular weight is 502 g/mol. The van der Waals surface area contributed by atoms with Gasteiger partial charge in [-0.05, 0) is 58.7 Å². The number of pyridine rings is 1. The van der Waals surface area contributed by atoms with Gasteiger partial charge in [0.05, 0.1) is 22.2 Å². The number of para-hydroxylation sites is 1. The van der Waals surface area contributed by atoms with E-state index in [9.17, 15) is 4.79 Å². The maximum absolute atomic E-state index is 13.1. The molecule has 0 aliphatic rings. The first-order valence-corrected chi connectivity index (χ1v) is 12.9. The maximum Gasteiger partial charge on any atom is 0.200 e. The van der Waals surface area contributed by atoms with Crippen LogP contribution in [-0.4, -0.2) is 4.98 Å². The van der Waals surface area contributed by atoms with Gasteiger partial charge in [-0.25, -0.2) is 4.98 Å². The molecule has 0 atom stereocenters. The van der Waals surface area contributed by atoms with E-state index >= 15 is 0 Å². The highest BCUT2D eigenvalue weighted by Gasteiger charge is 2.11. The summed E-state index contributed by atoms with van der Waals surface area (Å²) in [6, 6.07) is 46.4. The van der Waals surface area contributed by atoms with E-state index in [0.717, 1.165) is 44.8 Å². The first-order chi connectivity index (χ1) is 19.2. The van der Waals surface area contributed by atoms with Gasteiger partial charge >= 0.3 is 0 Å². The largest absolute Gasteiger partial charge is 0.456 e. The van der Waals surface area contributed by atoms with Crippen LogP contribution in [0.2, 0.25) is 0 Å². The van der Waals surface area contributed by atoms with Crippen LogP contribution in [0.25, 0.3) is 66.7 Å². The van der Waals surface area contributed by atoms with Gasteiger partial charge in [0.1, 0.15) is 11.2 Å². The fourth-order valence-corrected chi connectivity index (χ4v) is 5.05. The van der Waals surface area contributed by atoms with Crippen LogP contribution in [-0.2, 0) is 0 Å². The molecule has 7 aromatic rings. The van der Waals surface area contributed by atoms with Gasteiger partial charge in [0.2, 0.25) is 5.43 Å². The smallest absolute Gasteiger partial charge is 0.200 e. The van der Waals surface area contributed by atoms with Crippen molar-refractivity contribution in [2.24, 2.45) is 0 Å². The van der Waals surface area contributed by atoms with E-state index < -0.39 is 0 Å². The van der Waals surface area contributed by atoms with Gasteiger partial charge in [-0.2, -0.15) is 0 Å². The Morgan fingerprint density at radius 3 is 1.56 bits per heavy atom. The van der Waals surface area contributed by atoms with Crippen molar-refractivity contribution in [2.75, 3.05) is 0 Å². The fraction of sp³-hybridized carbons (Fsp3) is 0. The van der Waals surface area contributed by atoms with Crippen molar-refractivity contribution in [2.45, 2.75) is 0 Å². The number of hydrogen-bond donors (Lipinski definition) is 0. The minimum absolute atomic E-state index is 0.0102. The molecular weight excluding hydrogens is 478 g/mol. The Morgan fingerprint density at radius 2 is 0.923 bits per heavy atom. The number of benzene rings is 5. The monoisotopic (exact) mass is 501 g/mol. The number of aromatic nitrogens is 1. The second-order valence-electron chi connectivity index (χ2n) is 9.57. The van der Waals surface area contributed by atoms with Gasteiger partial charge in [0.15, 0.2) is 0 Å². The van der Waals surface area contributed by atoms with Crippen molar-refractivity contribution in [1.29, 1.82) is 0 Å². The lowest BCUT2D eigenvalue weighted by Crippen LogP contribution is -2.01. The summed E-state index contributed by atoms with van der Waals surface area (Å²) in [6.07, 6.45) is 0. The third-order valence-electron chi connectivity index (χ3n) is 7.09. The zero-order valence-electron chi connectivity index (χ0n) is 21.0. The number of fused-ring (bicyclic) bond motifs is 2. The van der Waals surface area contributed by atoms with Crippen molar-refractivity contribution in [3.63, 3.8) is 0 Å². The van der Waals surface area contributed by atoms with E-state index in [1.807, 2.05) is 78.9 Å². The topological polar surface area (TPSA) is 43.1 Å². The van der Waals surface area contributed by atoms with Crippen molar-refractivity contribution >= 4 is 21.9 Å². The molecule has 5 aromatic carbocycles. The van der Waals surface area contributed by atoms with Gasteiger partial charge in [-0.1, -0.05) is 103 Å². The highest BCUT2D eigenvalue weighted by Crippen LogP contribution is 2.32. The molecule has 3 nitrogen and oxygen atoms in total. The third-order valence-corrected chi connectivity index (χ3v) is 7.09. The molecule has 39 heavy (non-hydrogen) atoms. The lowest BCUT2D eigenvalue weighted by Gasteiger charge is -2.11. The minimum Gasteiger partial charge on any atom is -0.456 e. The SMILES string of the molecule is O=c1c2ccccc2oc2ccc(-c3ccc(-c4cc(-c5ccccc5)nc(-c5ccccc5)c4)cc3)cc12. The predicted molar refractivity (Wildman–Crippen MR) is 160 cm³/mol. The Bertz CT molecular complexity index is 1950. The predicted octanol–water partition coefficient (Wildman–Crippen LogP) is 9.01. The molecule has 184 valence electrons. The fourth-order valence-electron chi connectivity index (χ4n) is 5.05. The minimum atomic E-state index is -0.0102. The molecule has 0 fully saturated rings. The molecule has 0 spiro atoms. The zero-order valence-corrected chi connectivity index (χ0v) is 21.0. The van der Waals surface area contributed by atoms with Crippen LogP contribution < -0.4 is 5.43 Å². The van der Waals surface area contributed by atoms with Crippen LogP contribution in [0.1, 0.15) is 0 Å². The molecule has 7 rings (SSSR count). The average Bonchev–Trinajstić information content (AvgIpc) is 3.02. The van der Waals surface area contributed by atoms with Crippen molar-refractivity contribution in [1.82, 2.24) is 4.98 Å². The summed E-state index contributed by atoms with van der Waals surface area (Å²) in [4.78, 5) is 18.1. The van der Waals surface area contributed by atoms with Gasteiger partial charge in [0, 0.05) is 11.1 Å². The summed E-state index contributed by atoms with van der Waals surface area (Å²) >= 11 is 0. The van der Waals surface area contributed by atoms with Gasteiger partial charge in [-0.15, -0.1) is 0 Å². The van der Waals surface area contributed by atoms with Gasteiger partial charge < -0.3 is 4.42 Å². The Hall–Kier alpha value is -5.28. The molecule has 0 aliphatic carbocycles.